The van der Waals surface area contributed by atoms with E-state index in [1.807, 2.05) is 0 Å². The van der Waals surface area contributed by atoms with Gasteiger partial charge in [0.1, 0.15) is 12.1 Å². The molecule has 1 aliphatic carbocycles. The minimum atomic E-state index is -4.51. The Balaban J connectivity index is 2.34. The Bertz CT molecular complexity index is 821. The van der Waals surface area contributed by atoms with Crippen LogP contribution in [-0.2, 0) is 4.79 Å². The molecule has 0 saturated heterocycles. The molecule has 0 aromatic carbocycles. The number of carbonyl (C=O) groups is 2. The third-order valence-electron chi connectivity index (χ3n) is 4.62. The summed E-state index contributed by atoms with van der Waals surface area (Å²) in [6.45, 7) is 5.59. The van der Waals surface area contributed by atoms with Crippen molar-refractivity contribution in [3.8, 4) is 11.8 Å². The van der Waals surface area contributed by atoms with Crippen molar-refractivity contribution in [1.82, 2.24) is 0 Å². The van der Waals surface area contributed by atoms with Crippen LogP contribution in [0.4, 0.5) is 18.9 Å². The first kappa shape index (κ1) is 21.2. The third kappa shape index (κ3) is 4.78. The van der Waals surface area contributed by atoms with Crippen LogP contribution in [0, 0.1) is 23.2 Å². The standard InChI is InChI=1S/C19H20F3NO3S/c1-18(2,19(20,21)22)10-9-13-11-14(15(27-13)17(25)26)23(3)16(24)12-7-5-4-6-8-12/h11-12H,3-8H2,1-2H3/p+1. The number of aromatic carboxylic acids is 1. The molecule has 1 aliphatic rings. The molecule has 1 saturated carbocycles. The summed E-state index contributed by atoms with van der Waals surface area (Å²) in [5.74, 6) is 2.79. The molecule has 0 radical (unpaired) electrons. The summed E-state index contributed by atoms with van der Waals surface area (Å²) in [5, 5.41) is 9.39. The van der Waals surface area contributed by atoms with Crippen molar-refractivity contribution in [2.24, 2.45) is 11.3 Å². The van der Waals surface area contributed by atoms with Crippen LogP contribution in [0.15, 0.2) is 6.07 Å². The summed E-state index contributed by atoms with van der Waals surface area (Å²) in [5.41, 5.74) is -2.17. The fourth-order valence-electron chi connectivity index (χ4n) is 2.77. The molecular weight excluding hydrogens is 379 g/mol. The molecule has 0 bridgehead atoms. The zero-order chi connectivity index (χ0) is 20.4. The van der Waals surface area contributed by atoms with Crippen LogP contribution >= 0.6 is 11.3 Å². The van der Waals surface area contributed by atoms with Crippen molar-refractivity contribution in [3.63, 3.8) is 0 Å². The number of carboxylic acid groups (broad SMARTS) is 1. The number of carbonyl (C=O) groups excluding carboxylic acids is 1. The van der Waals surface area contributed by atoms with Gasteiger partial charge in [-0.2, -0.15) is 13.2 Å². The Morgan fingerprint density at radius 2 is 1.85 bits per heavy atom. The summed E-state index contributed by atoms with van der Waals surface area (Å²) in [6.07, 6.45) is -0.126. The monoisotopic (exact) mass is 400 g/mol. The molecule has 1 aromatic rings. The molecule has 0 aliphatic heterocycles. The van der Waals surface area contributed by atoms with E-state index in [1.54, 1.807) is 0 Å². The highest BCUT2D eigenvalue weighted by Gasteiger charge is 2.46. The van der Waals surface area contributed by atoms with Crippen LogP contribution in [0.2, 0.25) is 0 Å². The summed E-state index contributed by atoms with van der Waals surface area (Å²) >= 11 is 0.737. The van der Waals surface area contributed by atoms with E-state index in [0.717, 1.165) is 61.9 Å². The Labute approximate surface area is 159 Å². The molecule has 1 N–H and O–H groups in total. The molecule has 27 heavy (non-hydrogen) atoms. The molecule has 0 spiro atoms. The lowest BCUT2D eigenvalue weighted by molar-refractivity contribution is -0.364. The van der Waals surface area contributed by atoms with Crippen LogP contribution in [0.3, 0.4) is 0 Å². The fraction of sp³-hybridized carbons (Fsp3) is 0.526. The van der Waals surface area contributed by atoms with Gasteiger partial charge in [-0.25, -0.2) is 9.59 Å². The highest BCUT2D eigenvalue weighted by molar-refractivity contribution is 7.15. The third-order valence-corrected chi connectivity index (χ3v) is 5.65. The quantitative estimate of drug-likeness (QED) is 0.449. The van der Waals surface area contributed by atoms with E-state index in [-0.39, 0.29) is 27.3 Å². The van der Waals surface area contributed by atoms with Crippen LogP contribution in [0.5, 0.6) is 0 Å². The zero-order valence-corrected chi connectivity index (χ0v) is 16.0. The summed E-state index contributed by atoms with van der Waals surface area (Å²) < 4.78 is 39.8. The molecule has 8 heteroatoms. The molecule has 1 heterocycles. The highest BCUT2D eigenvalue weighted by atomic mass is 32.1. The van der Waals surface area contributed by atoms with Crippen molar-refractivity contribution < 1.29 is 32.4 Å². The second-order valence-corrected chi connectivity index (χ2v) is 8.16. The van der Waals surface area contributed by atoms with Crippen molar-refractivity contribution in [2.45, 2.75) is 52.1 Å². The minimum absolute atomic E-state index is 0.0668. The van der Waals surface area contributed by atoms with Gasteiger partial charge in [0, 0.05) is 6.07 Å². The minimum Gasteiger partial charge on any atom is -0.477 e. The predicted octanol–water partition coefficient (Wildman–Crippen LogP) is 4.84. The van der Waals surface area contributed by atoms with Crippen LogP contribution in [-0.4, -0.2) is 34.5 Å². The van der Waals surface area contributed by atoms with Gasteiger partial charge >= 0.3 is 18.1 Å². The van der Waals surface area contributed by atoms with Gasteiger partial charge in [-0.1, -0.05) is 31.1 Å². The zero-order valence-electron chi connectivity index (χ0n) is 15.2. The summed E-state index contributed by atoms with van der Waals surface area (Å²) in [7, 11) is 0. The van der Waals surface area contributed by atoms with Crippen LogP contribution in [0.25, 0.3) is 0 Å². The molecule has 1 fully saturated rings. The lowest BCUT2D eigenvalue weighted by Crippen LogP contribution is -2.30. The molecule has 0 unspecified atom stereocenters. The molecule has 4 nitrogen and oxygen atoms in total. The maximum absolute atomic E-state index is 12.9. The number of hydrogen-bond acceptors (Lipinski definition) is 3. The van der Waals surface area contributed by atoms with Crippen LogP contribution in [0.1, 0.15) is 60.5 Å². The number of amides is 1. The highest BCUT2D eigenvalue weighted by Crippen LogP contribution is 2.37. The predicted molar refractivity (Wildman–Crippen MR) is 96.6 cm³/mol. The molecule has 2 rings (SSSR count). The van der Waals surface area contributed by atoms with Gasteiger partial charge in [-0.15, -0.1) is 15.9 Å². The van der Waals surface area contributed by atoms with E-state index in [4.69, 9.17) is 0 Å². The van der Waals surface area contributed by atoms with E-state index < -0.39 is 17.6 Å². The Morgan fingerprint density at radius 1 is 1.26 bits per heavy atom. The maximum Gasteiger partial charge on any atom is 0.404 e. The number of nitrogens with zero attached hydrogens (tertiary/aromatic N) is 1. The van der Waals surface area contributed by atoms with E-state index in [2.05, 4.69) is 18.6 Å². The SMILES string of the molecule is C=[N+](C(=O)C1CCCCC1)c1cc(C#CC(C)(C)C(F)(F)F)sc1C(=O)O. The molecule has 1 aromatic heterocycles. The Morgan fingerprint density at radius 3 is 2.37 bits per heavy atom. The average molecular weight is 400 g/mol. The van der Waals surface area contributed by atoms with E-state index >= 15 is 0 Å². The van der Waals surface area contributed by atoms with Crippen molar-refractivity contribution in [2.75, 3.05) is 0 Å². The topological polar surface area (TPSA) is 57.4 Å². The number of hydrogen-bond donors (Lipinski definition) is 1. The second kappa shape index (κ2) is 7.85. The van der Waals surface area contributed by atoms with Gasteiger partial charge in [0.25, 0.3) is 0 Å². The summed E-state index contributed by atoms with van der Waals surface area (Å²) in [4.78, 5) is 24.1. The molecule has 1 amide bonds. The van der Waals surface area contributed by atoms with E-state index in [1.165, 1.54) is 6.07 Å². The van der Waals surface area contributed by atoms with Gasteiger partial charge < -0.3 is 5.11 Å². The number of carboxylic acids is 1. The fourth-order valence-corrected chi connectivity index (χ4v) is 3.63. The van der Waals surface area contributed by atoms with Gasteiger partial charge in [-0.05, 0) is 26.7 Å². The molecule has 146 valence electrons. The van der Waals surface area contributed by atoms with Gasteiger partial charge in [0.2, 0.25) is 5.69 Å². The van der Waals surface area contributed by atoms with Crippen LogP contribution < -0.4 is 0 Å². The first-order valence-corrected chi connectivity index (χ1v) is 9.37. The number of alkyl halides is 3. The smallest absolute Gasteiger partial charge is 0.404 e. The number of rotatable bonds is 3. The van der Waals surface area contributed by atoms with Crippen molar-refractivity contribution in [3.05, 3.63) is 15.8 Å². The lowest BCUT2D eigenvalue weighted by Gasteiger charge is -2.20. The lowest BCUT2D eigenvalue weighted by atomic mass is 9.88. The number of halogens is 3. The first-order chi connectivity index (χ1) is 12.4. The maximum atomic E-state index is 12.9. The van der Waals surface area contributed by atoms with Gasteiger partial charge in [0.15, 0.2) is 4.88 Å². The van der Waals surface area contributed by atoms with E-state index in [0.29, 0.717) is 0 Å². The first-order valence-electron chi connectivity index (χ1n) is 8.55. The average Bonchev–Trinajstić information content (AvgIpc) is 3.03. The van der Waals surface area contributed by atoms with Crippen molar-refractivity contribution in [1.29, 1.82) is 0 Å². The molecule has 0 atom stereocenters. The van der Waals surface area contributed by atoms with Gasteiger partial charge in [0.05, 0.1) is 10.8 Å². The largest absolute Gasteiger partial charge is 0.477 e. The molecular formula is C19H21F3NO3S+. The summed E-state index contributed by atoms with van der Waals surface area (Å²) in [6, 6.07) is 1.32. The van der Waals surface area contributed by atoms with Crippen molar-refractivity contribution >= 4 is 35.6 Å². The van der Waals surface area contributed by atoms with E-state index in [9.17, 15) is 27.9 Å². The number of thiophene rings is 1. The second-order valence-electron chi connectivity index (χ2n) is 7.10. The Kier molecular flexibility index (Phi) is 6.15. The van der Waals surface area contributed by atoms with Gasteiger partial charge in [-0.3, -0.25) is 0 Å². The normalized spacial score (nSPS) is 15.7. The Hall–Kier alpha value is -2.14.